The summed E-state index contributed by atoms with van der Waals surface area (Å²) in [5.74, 6) is 0. The molecule has 0 aliphatic carbocycles. The molecule has 1 aromatic heterocycles. The molecule has 0 saturated heterocycles. The van der Waals surface area contributed by atoms with Crippen LogP contribution in [0.4, 0.5) is 0 Å². The fourth-order valence-electron chi connectivity index (χ4n) is 2.44. The molecule has 0 saturated carbocycles. The summed E-state index contributed by atoms with van der Waals surface area (Å²) in [6, 6.07) is 12.7. The predicted molar refractivity (Wildman–Crippen MR) is 70.3 cm³/mol. The third kappa shape index (κ3) is 2.11. The highest BCUT2D eigenvalue weighted by Crippen LogP contribution is 2.25. The van der Waals surface area contributed by atoms with E-state index in [0.29, 0.717) is 0 Å². The summed E-state index contributed by atoms with van der Waals surface area (Å²) in [6.07, 6.45) is 3.33. The Balaban J connectivity index is 2.00. The van der Waals surface area contributed by atoms with Gasteiger partial charge in [0.25, 0.3) is 0 Å². The Labute approximate surface area is 106 Å². The minimum Gasteiger partial charge on any atom is -0.350 e. The van der Waals surface area contributed by atoms with Crippen LogP contribution in [-0.4, -0.2) is 11.1 Å². The van der Waals surface area contributed by atoms with Crippen molar-refractivity contribution in [2.24, 2.45) is 0 Å². The minimum absolute atomic E-state index is 0.282. The normalized spacial score (nSPS) is 19.7. The van der Waals surface area contributed by atoms with E-state index >= 15 is 0 Å². The first-order valence-electron chi connectivity index (χ1n) is 5.98. The number of aryl methyl sites for hydroxylation is 1. The lowest BCUT2D eigenvalue weighted by atomic mass is 10.0. The van der Waals surface area contributed by atoms with Gasteiger partial charge < -0.3 is 9.88 Å². The first kappa shape index (κ1) is 10.9. The molecule has 0 fully saturated rings. The van der Waals surface area contributed by atoms with E-state index in [1.165, 1.54) is 17.7 Å². The average molecular weight is 247 g/mol. The van der Waals surface area contributed by atoms with Crippen molar-refractivity contribution < 1.29 is 0 Å². The summed E-state index contributed by atoms with van der Waals surface area (Å²) < 4.78 is 2.33. The van der Waals surface area contributed by atoms with E-state index < -0.39 is 0 Å². The fourth-order valence-corrected chi connectivity index (χ4v) is 2.56. The number of hydrogen-bond donors (Lipinski definition) is 1. The molecule has 2 heterocycles. The van der Waals surface area contributed by atoms with Crippen molar-refractivity contribution in [2.45, 2.75) is 19.0 Å². The monoisotopic (exact) mass is 246 g/mol. The van der Waals surface area contributed by atoms with Crippen molar-refractivity contribution in [3.63, 3.8) is 0 Å². The Morgan fingerprint density at radius 3 is 2.82 bits per heavy atom. The van der Waals surface area contributed by atoms with Gasteiger partial charge in [0.1, 0.15) is 0 Å². The SMILES string of the molecule is Clc1ccc(C2NCCCn3cccc32)cc1. The van der Waals surface area contributed by atoms with Gasteiger partial charge in [0, 0.05) is 23.5 Å². The molecule has 17 heavy (non-hydrogen) atoms. The van der Waals surface area contributed by atoms with Crippen molar-refractivity contribution in [1.29, 1.82) is 0 Å². The van der Waals surface area contributed by atoms with Crippen LogP contribution in [0.2, 0.25) is 5.02 Å². The fraction of sp³-hybridized carbons (Fsp3) is 0.286. The second kappa shape index (κ2) is 4.55. The summed E-state index contributed by atoms with van der Waals surface area (Å²) in [6.45, 7) is 2.15. The first-order valence-corrected chi connectivity index (χ1v) is 6.36. The zero-order valence-electron chi connectivity index (χ0n) is 9.57. The molecule has 2 nitrogen and oxygen atoms in total. The van der Waals surface area contributed by atoms with Crippen LogP contribution in [0.5, 0.6) is 0 Å². The first-order chi connectivity index (χ1) is 8.34. The number of nitrogens with zero attached hydrogens (tertiary/aromatic N) is 1. The molecule has 1 N–H and O–H groups in total. The Bertz CT molecular complexity index is 501. The number of rotatable bonds is 1. The maximum absolute atomic E-state index is 5.94. The van der Waals surface area contributed by atoms with Gasteiger partial charge in [-0.25, -0.2) is 0 Å². The van der Waals surface area contributed by atoms with E-state index in [1.807, 2.05) is 12.1 Å². The van der Waals surface area contributed by atoms with E-state index in [2.05, 4.69) is 40.3 Å². The maximum Gasteiger partial charge on any atom is 0.0731 e. The standard InChI is InChI=1S/C14H15ClN2/c15-12-6-4-11(5-7-12)14-13-3-1-9-17(13)10-2-8-16-14/h1,3-7,9,14,16H,2,8,10H2. The third-order valence-electron chi connectivity index (χ3n) is 3.29. The zero-order valence-corrected chi connectivity index (χ0v) is 10.3. The average Bonchev–Trinajstić information content (AvgIpc) is 2.71. The molecule has 2 aromatic rings. The Morgan fingerprint density at radius 2 is 2.00 bits per heavy atom. The van der Waals surface area contributed by atoms with Gasteiger partial charge >= 0.3 is 0 Å². The highest BCUT2D eigenvalue weighted by Gasteiger charge is 2.19. The number of fused-ring (bicyclic) bond motifs is 1. The topological polar surface area (TPSA) is 17.0 Å². The van der Waals surface area contributed by atoms with E-state index in [1.54, 1.807) is 0 Å². The van der Waals surface area contributed by atoms with Gasteiger partial charge in [-0.3, -0.25) is 0 Å². The lowest BCUT2D eigenvalue weighted by Crippen LogP contribution is -2.22. The molecule has 0 bridgehead atoms. The van der Waals surface area contributed by atoms with E-state index in [4.69, 9.17) is 11.6 Å². The van der Waals surface area contributed by atoms with Gasteiger partial charge in [-0.05, 0) is 42.8 Å². The zero-order chi connectivity index (χ0) is 11.7. The van der Waals surface area contributed by atoms with Crippen molar-refractivity contribution >= 4 is 11.6 Å². The van der Waals surface area contributed by atoms with Crippen LogP contribution >= 0.6 is 11.6 Å². The molecular formula is C14H15ClN2. The van der Waals surface area contributed by atoms with E-state index in [-0.39, 0.29) is 6.04 Å². The van der Waals surface area contributed by atoms with Crippen LogP contribution < -0.4 is 5.32 Å². The van der Waals surface area contributed by atoms with Gasteiger partial charge in [-0.2, -0.15) is 0 Å². The molecule has 1 aromatic carbocycles. The van der Waals surface area contributed by atoms with Gasteiger partial charge in [0.15, 0.2) is 0 Å². The molecular weight excluding hydrogens is 232 g/mol. The maximum atomic E-state index is 5.94. The van der Waals surface area contributed by atoms with Crippen LogP contribution in [-0.2, 0) is 6.54 Å². The van der Waals surface area contributed by atoms with Crippen molar-refractivity contribution in [3.8, 4) is 0 Å². The van der Waals surface area contributed by atoms with Gasteiger partial charge in [-0.1, -0.05) is 23.7 Å². The third-order valence-corrected chi connectivity index (χ3v) is 3.54. The molecule has 1 aliphatic rings. The van der Waals surface area contributed by atoms with Crippen LogP contribution in [0.25, 0.3) is 0 Å². The predicted octanol–water partition coefficient (Wildman–Crippen LogP) is 3.22. The molecule has 1 aliphatic heterocycles. The summed E-state index contributed by atoms with van der Waals surface area (Å²) in [5, 5.41) is 4.39. The number of nitrogens with one attached hydrogen (secondary N) is 1. The molecule has 0 spiro atoms. The lowest BCUT2D eigenvalue weighted by molar-refractivity contribution is 0.609. The van der Waals surface area contributed by atoms with Crippen LogP contribution in [0, 0.1) is 0 Å². The molecule has 3 rings (SSSR count). The van der Waals surface area contributed by atoms with Crippen LogP contribution in [0.1, 0.15) is 23.7 Å². The second-order valence-electron chi connectivity index (χ2n) is 4.42. The van der Waals surface area contributed by atoms with Crippen LogP contribution in [0.15, 0.2) is 42.6 Å². The molecule has 1 unspecified atom stereocenters. The summed E-state index contributed by atoms with van der Waals surface area (Å²) in [4.78, 5) is 0. The summed E-state index contributed by atoms with van der Waals surface area (Å²) >= 11 is 5.94. The molecule has 3 heteroatoms. The van der Waals surface area contributed by atoms with Crippen molar-refractivity contribution in [3.05, 3.63) is 58.9 Å². The highest BCUT2D eigenvalue weighted by atomic mass is 35.5. The molecule has 0 amide bonds. The second-order valence-corrected chi connectivity index (χ2v) is 4.86. The molecule has 1 atom stereocenters. The number of halogens is 1. The van der Waals surface area contributed by atoms with E-state index in [9.17, 15) is 0 Å². The summed E-state index contributed by atoms with van der Waals surface area (Å²) in [7, 11) is 0. The Hall–Kier alpha value is -1.25. The van der Waals surface area contributed by atoms with Crippen molar-refractivity contribution in [2.75, 3.05) is 6.54 Å². The smallest absolute Gasteiger partial charge is 0.0731 e. The highest BCUT2D eigenvalue weighted by molar-refractivity contribution is 6.30. The van der Waals surface area contributed by atoms with Gasteiger partial charge in [-0.15, -0.1) is 0 Å². The van der Waals surface area contributed by atoms with E-state index in [0.717, 1.165) is 18.1 Å². The Kier molecular flexibility index (Phi) is 2.91. The van der Waals surface area contributed by atoms with Gasteiger partial charge in [0.05, 0.1) is 6.04 Å². The van der Waals surface area contributed by atoms with Crippen molar-refractivity contribution in [1.82, 2.24) is 9.88 Å². The molecule has 0 radical (unpaired) electrons. The number of benzene rings is 1. The lowest BCUT2D eigenvalue weighted by Gasteiger charge is -2.17. The minimum atomic E-state index is 0.282. The quantitative estimate of drug-likeness (QED) is 0.818. The number of hydrogen-bond acceptors (Lipinski definition) is 1. The number of aromatic nitrogens is 1. The largest absolute Gasteiger partial charge is 0.350 e. The summed E-state index contributed by atoms with van der Waals surface area (Å²) in [5.41, 5.74) is 2.61. The Morgan fingerprint density at radius 1 is 1.18 bits per heavy atom. The molecule has 88 valence electrons. The van der Waals surface area contributed by atoms with Gasteiger partial charge in [0.2, 0.25) is 0 Å². The van der Waals surface area contributed by atoms with Crippen LogP contribution in [0.3, 0.4) is 0 Å².